The predicted octanol–water partition coefficient (Wildman–Crippen LogP) is 12.7. The molecule has 4 aromatic heterocycles. The topological polar surface area (TPSA) is 102 Å². The number of aromatic nitrogens is 2. The van der Waals surface area contributed by atoms with Gasteiger partial charge in [-0.15, -0.1) is 45.3 Å². The molecule has 2 N–H and O–H groups in total. The van der Waals surface area contributed by atoms with Crippen LogP contribution in [0.3, 0.4) is 0 Å². The van der Waals surface area contributed by atoms with Gasteiger partial charge in [0, 0.05) is 22.3 Å². The number of carbonyl (C=O) groups is 2. The van der Waals surface area contributed by atoms with Crippen molar-refractivity contribution in [2.75, 3.05) is 10.6 Å². The third kappa shape index (κ3) is 9.82. The van der Waals surface area contributed by atoms with Crippen LogP contribution in [0.25, 0.3) is 30.9 Å². The maximum atomic E-state index is 13.7. The number of benzene rings is 4. The summed E-state index contributed by atoms with van der Waals surface area (Å²) in [6, 6.07) is 27.4. The van der Waals surface area contributed by atoms with E-state index in [1.165, 1.54) is 40.9 Å². The SMILES string of the molecule is Cc1cc2scnc2cc1-c1ccc(C(=O)Nc2ccccc2F)s1.O=C(Nc1ccccc1F)c1ccc(Br)s1.[CH2+]C1(C)OB(c2cc3ncsc3cc2Cl)OC1(C)C. The van der Waals surface area contributed by atoms with Gasteiger partial charge in [0.05, 0.1) is 63.3 Å². The van der Waals surface area contributed by atoms with Crippen molar-refractivity contribution in [1.82, 2.24) is 9.97 Å². The first-order valence-corrected chi connectivity index (χ1v) is 22.7. The highest BCUT2D eigenvalue weighted by Gasteiger charge is 2.57. The van der Waals surface area contributed by atoms with Gasteiger partial charge in [-0.1, -0.05) is 35.9 Å². The van der Waals surface area contributed by atoms with Crippen LogP contribution in [0, 0.1) is 25.5 Å². The second kappa shape index (κ2) is 18.2. The molecular weight excluding hydrogens is 929 g/mol. The number of fused-ring (bicyclic) bond motifs is 2. The highest BCUT2D eigenvalue weighted by Crippen LogP contribution is 2.38. The number of thiophene rings is 2. The monoisotopic (exact) mass is 961 g/mol. The van der Waals surface area contributed by atoms with Crippen molar-refractivity contribution in [1.29, 1.82) is 0 Å². The van der Waals surface area contributed by atoms with Gasteiger partial charge in [0.2, 0.25) is 5.60 Å². The van der Waals surface area contributed by atoms with Crippen molar-refractivity contribution in [2.24, 2.45) is 0 Å². The number of amides is 2. The van der Waals surface area contributed by atoms with Gasteiger partial charge in [0.25, 0.3) is 11.8 Å². The number of hydrogen-bond donors (Lipinski definition) is 2. The molecule has 8 aromatic rings. The van der Waals surface area contributed by atoms with Crippen molar-refractivity contribution in [3.63, 3.8) is 0 Å². The quantitative estimate of drug-likeness (QED) is 0.127. The van der Waals surface area contributed by atoms with Crippen molar-refractivity contribution in [3.8, 4) is 10.4 Å². The molecule has 0 bridgehead atoms. The molecule has 8 nitrogen and oxygen atoms in total. The van der Waals surface area contributed by atoms with E-state index in [9.17, 15) is 18.4 Å². The summed E-state index contributed by atoms with van der Waals surface area (Å²) < 4.78 is 41.9. The van der Waals surface area contributed by atoms with Crippen molar-refractivity contribution < 1.29 is 27.7 Å². The van der Waals surface area contributed by atoms with Crippen LogP contribution in [-0.4, -0.2) is 40.1 Å². The van der Waals surface area contributed by atoms with E-state index >= 15 is 0 Å². The molecule has 0 radical (unpaired) electrons. The fourth-order valence-electron chi connectivity index (χ4n) is 5.80. The molecule has 1 saturated heterocycles. The van der Waals surface area contributed by atoms with Gasteiger partial charge in [-0.05, 0) is 121 Å². The van der Waals surface area contributed by atoms with Crippen molar-refractivity contribution >= 4 is 129 Å². The molecule has 0 saturated carbocycles. The number of anilines is 2. The normalized spacial score (nSPS) is 15.6. The number of carbonyl (C=O) groups excluding carboxylic acids is 2. The molecular formula is C43H34BBrClF2N4O4S4+. The van der Waals surface area contributed by atoms with E-state index in [1.54, 1.807) is 76.7 Å². The Bertz CT molecular complexity index is 2830. The Morgan fingerprint density at radius 3 is 1.87 bits per heavy atom. The second-order valence-corrected chi connectivity index (χ2v) is 19.9. The highest BCUT2D eigenvalue weighted by molar-refractivity contribution is 9.11. The van der Waals surface area contributed by atoms with Crippen molar-refractivity contribution in [2.45, 2.75) is 38.9 Å². The molecule has 4 aromatic carbocycles. The number of hydrogen-bond acceptors (Lipinski definition) is 10. The number of rotatable bonds is 6. The maximum Gasteiger partial charge on any atom is 0.499 e. The van der Waals surface area contributed by atoms with E-state index in [0.717, 1.165) is 45.7 Å². The summed E-state index contributed by atoms with van der Waals surface area (Å²) in [5, 5.41) is 5.77. The fourth-order valence-corrected chi connectivity index (χ4v) is 9.84. The minimum Gasteiger partial charge on any atom is -0.395 e. The highest BCUT2D eigenvalue weighted by atomic mass is 79.9. The van der Waals surface area contributed by atoms with Crippen LogP contribution in [0.15, 0.2) is 112 Å². The summed E-state index contributed by atoms with van der Waals surface area (Å²) in [4.78, 5) is 34.8. The number of para-hydroxylation sites is 2. The van der Waals surface area contributed by atoms with E-state index in [1.807, 2.05) is 57.5 Å². The zero-order valence-electron chi connectivity index (χ0n) is 32.3. The van der Waals surface area contributed by atoms with E-state index < -0.39 is 30.0 Å². The molecule has 1 fully saturated rings. The van der Waals surface area contributed by atoms with Gasteiger partial charge >= 0.3 is 7.12 Å². The summed E-state index contributed by atoms with van der Waals surface area (Å²) in [5.74, 6) is -1.50. The van der Waals surface area contributed by atoms with Crippen LogP contribution in [0.5, 0.6) is 0 Å². The van der Waals surface area contributed by atoms with Gasteiger partial charge in [-0.2, -0.15) is 0 Å². The minimum absolute atomic E-state index is 0.183. The predicted molar refractivity (Wildman–Crippen MR) is 248 cm³/mol. The lowest BCUT2D eigenvalue weighted by Gasteiger charge is -2.25. The Morgan fingerprint density at radius 1 is 0.767 bits per heavy atom. The molecule has 1 aliphatic rings. The molecule has 9 rings (SSSR count). The standard InChI is InChI=1S/C19H13FN2OS2.C13H14BClNO2S.C11H7BrFNOS/c1-11-8-18-15(21-10-24-18)9-12(11)16-6-7-17(25-16)19(23)22-14-5-3-2-4-13(14)20;1-12(2)13(3,4)18-14(17-12)8-5-10-11(6-9(8)15)19-7-16-10;12-10-6-5-9(16-10)11(15)14-8-4-2-1-3-7(8)13/h2-10H,1H3,(H,22,23);5-7H,1H2,2-4H3;1-6H,(H,14,15)/q;+1;. The first-order valence-electron chi connectivity index (χ1n) is 18.1. The number of halogens is 4. The Hall–Kier alpha value is -4.52. The molecule has 2 amide bonds. The Balaban J connectivity index is 0.000000140. The molecule has 0 aliphatic carbocycles. The molecule has 5 heterocycles. The molecule has 304 valence electrons. The third-order valence-electron chi connectivity index (χ3n) is 9.56. The molecule has 1 atom stereocenters. The molecule has 17 heteroatoms. The summed E-state index contributed by atoms with van der Waals surface area (Å²) in [6.45, 7) is 12.0. The molecule has 60 heavy (non-hydrogen) atoms. The van der Waals surface area contributed by atoms with E-state index in [0.29, 0.717) is 14.8 Å². The smallest absolute Gasteiger partial charge is 0.395 e. The summed E-state index contributed by atoms with van der Waals surface area (Å²) >= 11 is 15.5. The van der Waals surface area contributed by atoms with Crippen LogP contribution >= 0.6 is 72.9 Å². The van der Waals surface area contributed by atoms with E-state index in [4.69, 9.17) is 20.9 Å². The van der Waals surface area contributed by atoms with Gasteiger partial charge in [-0.25, -0.2) is 18.7 Å². The Labute approximate surface area is 374 Å². The van der Waals surface area contributed by atoms with E-state index in [2.05, 4.69) is 49.5 Å². The largest absolute Gasteiger partial charge is 0.499 e. The van der Waals surface area contributed by atoms with Crippen LogP contribution in [0.4, 0.5) is 20.2 Å². The van der Waals surface area contributed by atoms with Gasteiger partial charge in [-0.3, -0.25) is 9.59 Å². The van der Waals surface area contributed by atoms with Gasteiger partial charge < -0.3 is 19.9 Å². The van der Waals surface area contributed by atoms with Crippen LogP contribution in [-0.2, 0) is 9.31 Å². The van der Waals surface area contributed by atoms with Crippen LogP contribution in [0.1, 0.15) is 45.7 Å². The second-order valence-electron chi connectivity index (χ2n) is 14.1. The lowest BCUT2D eigenvalue weighted by atomic mass is 9.79. The zero-order valence-corrected chi connectivity index (χ0v) is 38.0. The Kier molecular flexibility index (Phi) is 13.2. The fraction of sp³-hybridized carbons (Fsp3) is 0.140. The van der Waals surface area contributed by atoms with Gasteiger partial charge in [0.1, 0.15) is 17.2 Å². The maximum absolute atomic E-state index is 13.7. The van der Waals surface area contributed by atoms with Crippen LogP contribution in [0.2, 0.25) is 5.02 Å². The number of nitrogens with zero attached hydrogens (tertiary/aromatic N) is 2. The number of thiazole rings is 2. The lowest BCUT2D eigenvalue weighted by molar-refractivity contribution is 0.0262. The average Bonchev–Trinajstić information content (AvgIpc) is 4.05. The zero-order chi connectivity index (χ0) is 42.8. The first-order chi connectivity index (χ1) is 28.6. The van der Waals surface area contributed by atoms with Crippen molar-refractivity contribution in [3.05, 3.63) is 151 Å². The number of aryl methyl sites for hydroxylation is 1. The third-order valence-corrected chi connectivity index (χ3v) is 14.2. The van der Waals surface area contributed by atoms with Crippen LogP contribution < -0.4 is 16.1 Å². The number of nitrogens with one attached hydrogen (secondary N) is 2. The summed E-state index contributed by atoms with van der Waals surface area (Å²) in [5.41, 5.74) is 7.79. The lowest BCUT2D eigenvalue weighted by Crippen LogP contribution is -2.42. The van der Waals surface area contributed by atoms with E-state index in [-0.39, 0.29) is 23.2 Å². The Morgan fingerprint density at radius 2 is 1.32 bits per heavy atom. The summed E-state index contributed by atoms with van der Waals surface area (Å²) in [6.07, 6.45) is 0. The summed E-state index contributed by atoms with van der Waals surface area (Å²) in [7, 11) is -0.504. The molecule has 1 aliphatic heterocycles. The first kappa shape index (κ1) is 43.6. The average molecular weight is 963 g/mol. The molecule has 0 spiro atoms. The molecule has 1 unspecified atom stereocenters. The minimum atomic E-state index is -0.613. The van der Waals surface area contributed by atoms with Gasteiger partial charge in [0.15, 0.2) is 0 Å².